The van der Waals surface area contributed by atoms with Gasteiger partial charge in [0.25, 0.3) is 0 Å². The largest absolute Gasteiger partial charge is 0.381 e. The number of piperidine rings is 1. The Morgan fingerprint density at radius 1 is 1.25 bits per heavy atom. The zero-order valence-corrected chi connectivity index (χ0v) is 12.3. The summed E-state index contributed by atoms with van der Waals surface area (Å²) in [4.78, 5) is 6.55. The van der Waals surface area contributed by atoms with E-state index in [1.807, 2.05) is 12.4 Å². The summed E-state index contributed by atoms with van der Waals surface area (Å²) < 4.78 is 5.49. The summed E-state index contributed by atoms with van der Waals surface area (Å²) in [7, 11) is 0. The van der Waals surface area contributed by atoms with E-state index in [9.17, 15) is 0 Å². The fraction of sp³-hybridized carbons (Fsp3) is 0.688. The van der Waals surface area contributed by atoms with E-state index in [4.69, 9.17) is 4.74 Å². The van der Waals surface area contributed by atoms with Gasteiger partial charge in [-0.3, -0.25) is 4.98 Å². The summed E-state index contributed by atoms with van der Waals surface area (Å²) in [6.07, 6.45) is 7.41. The van der Waals surface area contributed by atoms with Gasteiger partial charge in [0.1, 0.15) is 0 Å². The van der Waals surface area contributed by atoms with Crippen molar-refractivity contribution in [3.05, 3.63) is 24.5 Å². The van der Waals surface area contributed by atoms with Crippen molar-refractivity contribution in [2.75, 3.05) is 31.2 Å². The molecule has 2 fully saturated rings. The van der Waals surface area contributed by atoms with Crippen molar-refractivity contribution >= 4 is 5.69 Å². The van der Waals surface area contributed by atoms with Gasteiger partial charge >= 0.3 is 0 Å². The highest BCUT2D eigenvalue weighted by atomic mass is 16.5. The molecule has 1 aromatic heterocycles. The summed E-state index contributed by atoms with van der Waals surface area (Å²) in [6, 6.07) is 5.44. The molecule has 2 unspecified atom stereocenters. The lowest BCUT2D eigenvalue weighted by atomic mass is 9.97. The molecule has 2 saturated heterocycles. The van der Waals surface area contributed by atoms with Crippen molar-refractivity contribution in [3.8, 4) is 0 Å². The number of anilines is 1. The molecule has 0 spiro atoms. The highest BCUT2D eigenvalue weighted by molar-refractivity contribution is 5.44. The highest BCUT2D eigenvalue weighted by Crippen LogP contribution is 2.21. The summed E-state index contributed by atoms with van der Waals surface area (Å²) in [6.45, 7) is 6.46. The van der Waals surface area contributed by atoms with E-state index in [2.05, 4.69) is 34.3 Å². The first-order chi connectivity index (χ1) is 9.83. The molecule has 1 aromatic rings. The van der Waals surface area contributed by atoms with E-state index < -0.39 is 0 Å². The second-order valence-electron chi connectivity index (χ2n) is 6.05. The highest BCUT2D eigenvalue weighted by Gasteiger charge is 2.26. The molecule has 3 rings (SSSR count). The molecule has 2 aliphatic rings. The van der Waals surface area contributed by atoms with Crippen LogP contribution < -0.4 is 10.2 Å². The average Bonchev–Trinajstić information content (AvgIpc) is 3.03. The van der Waals surface area contributed by atoms with E-state index >= 15 is 0 Å². The van der Waals surface area contributed by atoms with Crippen LogP contribution in [0.3, 0.4) is 0 Å². The molecule has 3 heterocycles. The third-order valence-electron chi connectivity index (χ3n) is 4.69. The van der Waals surface area contributed by atoms with Crippen LogP contribution in [0.5, 0.6) is 0 Å². The predicted molar refractivity (Wildman–Crippen MR) is 81.0 cm³/mol. The lowest BCUT2D eigenvalue weighted by molar-refractivity contribution is 0.175. The first kappa shape index (κ1) is 13.8. The second-order valence-corrected chi connectivity index (χ2v) is 6.05. The molecule has 2 aliphatic heterocycles. The van der Waals surface area contributed by atoms with Crippen LogP contribution in [0, 0.1) is 5.92 Å². The van der Waals surface area contributed by atoms with E-state index in [1.165, 1.54) is 24.9 Å². The summed E-state index contributed by atoms with van der Waals surface area (Å²) in [5, 5.41) is 3.81. The molecule has 110 valence electrons. The van der Waals surface area contributed by atoms with Crippen molar-refractivity contribution in [2.24, 2.45) is 5.92 Å². The smallest absolute Gasteiger partial charge is 0.0509 e. The maximum atomic E-state index is 5.49. The standard InChI is InChI=1S/C16H25N3O/c1-13(14-6-11-20-12-14)18-15-4-9-19(10-5-15)16-2-7-17-8-3-16/h2-3,7-8,13-15,18H,4-6,9-12H2,1H3. The Hall–Kier alpha value is -1.13. The van der Waals surface area contributed by atoms with E-state index in [1.54, 1.807) is 0 Å². The Labute approximate surface area is 121 Å². The number of aromatic nitrogens is 1. The molecule has 1 N–H and O–H groups in total. The van der Waals surface area contributed by atoms with Crippen molar-refractivity contribution < 1.29 is 4.74 Å². The molecule has 0 radical (unpaired) electrons. The Kier molecular flexibility index (Phi) is 4.53. The van der Waals surface area contributed by atoms with Gasteiger partial charge in [0.2, 0.25) is 0 Å². The van der Waals surface area contributed by atoms with Gasteiger partial charge in [-0.05, 0) is 44.2 Å². The van der Waals surface area contributed by atoms with Crippen LogP contribution in [0.25, 0.3) is 0 Å². The zero-order chi connectivity index (χ0) is 13.8. The van der Waals surface area contributed by atoms with Crippen LogP contribution in [0.1, 0.15) is 26.2 Å². The molecule has 0 aromatic carbocycles. The Bertz CT molecular complexity index is 397. The molecule has 4 heteroatoms. The minimum absolute atomic E-state index is 0.579. The second kappa shape index (κ2) is 6.55. The number of ether oxygens (including phenoxy) is 1. The van der Waals surface area contributed by atoms with Gasteiger partial charge in [-0.25, -0.2) is 0 Å². The molecule has 0 bridgehead atoms. The van der Waals surface area contributed by atoms with E-state index in [0.717, 1.165) is 26.3 Å². The van der Waals surface area contributed by atoms with Gasteiger partial charge in [0.05, 0.1) is 6.61 Å². The first-order valence-electron chi connectivity index (χ1n) is 7.81. The van der Waals surface area contributed by atoms with Crippen molar-refractivity contribution in [1.29, 1.82) is 0 Å². The molecule has 0 saturated carbocycles. The first-order valence-corrected chi connectivity index (χ1v) is 7.81. The predicted octanol–water partition coefficient (Wildman–Crippen LogP) is 2.06. The number of hydrogen-bond acceptors (Lipinski definition) is 4. The lowest BCUT2D eigenvalue weighted by Crippen LogP contribution is -2.47. The lowest BCUT2D eigenvalue weighted by Gasteiger charge is -2.36. The number of hydrogen-bond donors (Lipinski definition) is 1. The van der Waals surface area contributed by atoms with Gasteiger partial charge in [-0.1, -0.05) is 0 Å². The van der Waals surface area contributed by atoms with Crippen molar-refractivity contribution in [1.82, 2.24) is 10.3 Å². The Balaban J connectivity index is 1.46. The monoisotopic (exact) mass is 275 g/mol. The quantitative estimate of drug-likeness (QED) is 0.913. The maximum Gasteiger partial charge on any atom is 0.0509 e. The Morgan fingerprint density at radius 3 is 2.65 bits per heavy atom. The minimum Gasteiger partial charge on any atom is -0.381 e. The van der Waals surface area contributed by atoms with Crippen LogP contribution >= 0.6 is 0 Å². The molecule has 2 atom stereocenters. The molecule has 4 nitrogen and oxygen atoms in total. The third-order valence-corrected chi connectivity index (χ3v) is 4.69. The average molecular weight is 275 g/mol. The van der Waals surface area contributed by atoms with Crippen molar-refractivity contribution in [2.45, 2.75) is 38.3 Å². The fourth-order valence-corrected chi connectivity index (χ4v) is 3.31. The third kappa shape index (κ3) is 3.30. The van der Waals surface area contributed by atoms with Crippen LogP contribution in [0.15, 0.2) is 24.5 Å². The fourth-order valence-electron chi connectivity index (χ4n) is 3.31. The van der Waals surface area contributed by atoms with Gasteiger partial charge in [0, 0.05) is 49.9 Å². The van der Waals surface area contributed by atoms with Crippen LogP contribution in [-0.4, -0.2) is 43.4 Å². The zero-order valence-electron chi connectivity index (χ0n) is 12.3. The Morgan fingerprint density at radius 2 is 2.00 bits per heavy atom. The number of nitrogens with zero attached hydrogens (tertiary/aromatic N) is 2. The van der Waals surface area contributed by atoms with Crippen molar-refractivity contribution in [3.63, 3.8) is 0 Å². The number of pyridine rings is 1. The van der Waals surface area contributed by atoms with Gasteiger partial charge in [-0.2, -0.15) is 0 Å². The molecular weight excluding hydrogens is 250 g/mol. The van der Waals surface area contributed by atoms with Crippen LogP contribution in [-0.2, 0) is 4.74 Å². The number of nitrogens with one attached hydrogen (secondary N) is 1. The minimum atomic E-state index is 0.579. The maximum absolute atomic E-state index is 5.49. The molecule has 20 heavy (non-hydrogen) atoms. The van der Waals surface area contributed by atoms with Gasteiger partial charge in [0.15, 0.2) is 0 Å². The van der Waals surface area contributed by atoms with Crippen LogP contribution in [0.4, 0.5) is 5.69 Å². The molecule has 0 amide bonds. The van der Waals surface area contributed by atoms with Crippen LogP contribution in [0.2, 0.25) is 0 Å². The molecule has 0 aliphatic carbocycles. The van der Waals surface area contributed by atoms with Gasteiger partial charge < -0.3 is 15.0 Å². The molecular formula is C16H25N3O. The van der Waals surface area contributed by atoms with Gasteiger partial charge in [-0.15, -0.1) is 0 Å². The normalized spacial score (nSPS) is 25.9. The summed E-state index contributed by atoms with van der Waals surface area (Å²) >= 11 is 0. The summed E-state index contributed by atoms with van der Waals surface area (Å²) in [5.41, 5.74) is 1.30. The topological polar surface area (TPSA) is 37.4 Å². The van der Waals surface area contributed by atoms with E-state index in [0.29, 0.717) is 18.0 Å². The number of rotatable bonds is 4. The SMILES string of the molecule is CC(NC1CCN(c2ccncc2)CC1)C1CCOC1. The van der Waals surface area contributed by atoms with E-state index in [-0.39, 0.29) is 0 Å². The summed E-state index contributed by atoms with van der Waals surface area (Å²) in [5.74, 6) is 0.702.